The fourth-order valence-corrected chi connectivity index (χ4v) is 4.02. The van der Waals surface area contributed by atoms with E-state index in [2.05, 4.69) is 47.8 Å². The number of benzene rings is 2. The number of amides is 1. The predicted octanol–water partition coefficient (Wildman–Crippen LogP) is 3.15. The van der Waals surface area contributed by atoms with E-state index in [-0.39, 0.29) is 5.92 Å². The van der Waals surface area contributed by atoms with Gasteiger partial charge in [-0.2, -0.15) is 0 Å². The minimum Gasteiger partial charge on any atom is -0.342 e. The molecular formula is C20H24N2O. The van der Waals surface area contributed by atoms with Gasteiger partial charge in [-0.05, 0) is 54.6 Å². The molecule has 1 heterocycles. The van der Waals surface area contributed by atoms with E-state index >= 15 is 0 Å². The van der Waals surface area contributed by atoms with Gasteiger partial charge in [-0.25, -0.2) is 0 Å². The van der Waals surface area contributed by atoms with Crippen LogP contribution in [0.1, 0.15) is 30.7 Å². The van der Waals surface area contributed by atoms with E-state index in [1.807, 2.05) is 11.9 Å². The highest BCUT2D eigenvalue weighted by molar-refractivity contribution is 5.89. The highest BCUT2D eigenvalue weighted by atomic mass is 16.2. The summed E-state index contributed by atoms with van der Waals surface area (Å²) in [7, 11) is 2.00. The summed E-state index contributed by atoms with van der Waals surface area (Å²) in [5.74, 6) is 0.924. The van der Waals surface area contributed by atoms with Crippen molar-refractivity contribution in [2.75, 3.05) is 20.1 Å². The Labute approximate surface area is 137 Å². The lowest BCUT2D eigenvalue weighted by Gasteiger charge is -2.32. The summed E-state index contributed by atoms with van der Waals surface area (Å²) in [6.45, 7) is 2.05. The molecule has 120 valence electrons. The van der Waals surface area contributed by atoms with Gasteiger partial charge in [0.25, 0.3) is 0 Å². The number of nitrogens with zero attached hydrogens (tertiary/aromatic N) is 1. The Balaban J connectivity index is 1.51. The third-order valence-electron chi connectivity index (χ3n) is 5.53. The lowest BCUT2D eigenvalue weighted by atomic mass is 9.99. The topological polar surface area (TPSA) is 32.3 Å². The van der Waals surface area contributed by atoms with Gasteiger partial charge >= 0.3 is 0 Å². The first-order valence-electron chi connectivity index (χ1n) is 8.71. The molecule has 23 heavy (non-hydrogen) atoms. The smallest absolute Gasteiger partial charge is 0.226 e. The fourth-order valence-electron chi connectivity index (χ4n) is 4.02. The second kappa shape index (κ2) is 5.97. The molecule has 0 bridgehead atoms. The van der Waals surface area contributed by atoms with Crippen LogP contribution >= 0.6 is 0 Å². The van der Waals surface area contributed by atoms with Gasteiger partial charge in [0.1, 0.15) is 0 Å². The molecule has 1 amide bonds. The quantitative estimate of drug-likeness (QED) is 0.944. The highest BCUT2D eigenvalue weighted by Gasteiger charge is 2.46. The molecule has 1 aliphatic heterocycles. The van der Waals surface area contributed by atoms with Gasteiger partial charge in [-0.3, -0.25) is 4.79 Å². The Morgan fingerprint density at radius 2 is 1.83 bits per heavy atom. The molecule has 4 rings (SSSR count). The Morgan fingerprint density at radius 1 is 1.09 bits per heavy atom. The van der Waals surface area contributed by atoms with E-state index in [0.29, 0.717) is 17.9 Å². The number of carbonyl (C=O) groups excluding carboxylic acids is 1. The van der Waals surface area contributed by atoms with Crippen molar-refractivity contribution in [1.29, 1.82) is 0 Å². The Bertz CT molecular complexity index is 715. The van der Waals surface area contributed by atoms with Crippen LogP contribution < -0.4 is 5.32 Å². The maximum Gasteiger partial charge on any atom is 0.226 e. The van der Waals surface area contributed by atoms with Gasteiger partial charge in [0, 0.05) is 19.0 Å². The molecule has 1 N–H and O–H groups in total. The van der Waals surface area contributed by atoms with Gasteiger partial charge in [0.15, 0.2) is 0 Å². The van der Waals surface area contributed by atoms with E-state index in [1.165, 1.54) is 16.3 Å². The van der Waals surface area contributed by atoms with Crippen molar-refractivity contribution in [1.82, 2.24) is 10.2 Å². The first-order valence-corrected chi connectivity index (χ1v) is 8.71. The monoisotopic (exact) mass is 308 g/mol. The van der Waals surface area contributed by atoms with E-state index < -0.39 is 0 Å². The lowest BCUT2D eigenvalue weighted by Crippen LogP contribution is -2.44. The number of piperidine rings is 1. The molecule has 1 saturated heterocycles. The van der Waals surface area contributed by atoms with E-state index in [0.717, 1.165) is 32.4 Å². The van der Waals surface area contributed by atoms with Gasteiger partial charge < -0.3 is 10.2 Å². The van der Waals surface area contributed by atoms with Crippen LogP contribution in [0.25, 0.3) is 10.8 Å². The average Bonchev–Trinajstić information content (AvgIpc) is 3.41. The minimum absolute atomic E-state index is 0.181. The molecule has 0 spiro atoms. The third kappa shape index (κ3) is 2.74. The van der Waals surface area contributed by atoms with E-state index in [4.69, 9.17) is 0 Å². The maximum absolute atomic E-state index is 12.8. The van der Waals surface area contributed by atoms with Crippen LogP contribution in [0.2, 0.25) is 0 Å². The molecule has 3 nitrogen and oxygen atoms in total. The zero-order valence-corrected chi connectivity index (χ0v) is 13.7. The third-order valence-corrected chi connectivity index (χ3v) is 5.53. The number of carbonyl (C=O) groups is 1. The summed E-state index contributed by atoms with van der Waals surface area (Å²) in [6, 6.07) is 15.4. The van der Waals surface area contributed by atoms with Gasteiger partial charge in [-0.1, -0.05) is 42.5 Å². The van der Waals surface area contributed by atoms with Gasteiger partial charge in [0.05, 0.1) is 0 Å². The first kappa shape index (κ1) is 14.7. The van der Waals surface area contributed by atoms with Gasteiger partial charge in [-0.15, -0.1) is 0 Å². The molecule has 1 aliphatic carbocycles. The molecule has 2 unspecified atom stereocenters. The molecular weight excluding hydrogens is 284 g/mol. The number of hydrogen-bond donors (Lipinski definition) is 1. The molecule has 0 aromatic heterocycles. The lowest BCUT2D eigenvalue weighted by molar-refractivity contribution is -0.133. The number of rotatable bonds is 3. The van der Waals surface area contributed by atoms with Crippen LogP contribution in [0.15, 0.2) is 42.5 Å². The van der Waals surface area contributed by atoms with Crippen LogP contribution in [0, 0.1) is 5.92 Å². The summed E-state index contributed by atoms with van der Waals surface area (Å²) < 4.78 is 0. The molecule has 2 aromatic rings. The maximum atomic E-state index is 12.8. The molecule has 2 aromatic carbocycles. The van der Waals surface area contributed by atoms with Crippen molar-refractivity contribution in [3.8, 4) is 0 Å². The van der Waals surface area contributed by atoms with Crippen LogP contribution in [-0.4, -0.2) is 37.0 Å². The molecule has 1 saturated carbocycles. The first-order chi connectivity index (χ1) is 11.3. The Kier molecular flexibility index (Phi) is 3.82. The fraction of sp³-hybridized carbons (Fsp3) is 0.450. The normalized spacial score (nSPS) is 24.6. The van der Waals surface area contributed by atoms with Crippen LogP contribution in [0.5, 0.6) is 0 Å². The zero-order valence-electron chi connectivity index (χ0n) is 13.7. The number of nitrogens with one attached hydrogen (secondary N) is 1. The molecule has 2 atom stereocenters. The van der Waals surface area contributed by atoms with Gasteiger partial charge in [0.2, 0.25) is 5.91 Å². The second-order valence-corrected chi connectivity index (χ2v) is 6.95. The number of fused-ring (bicyclic) bond motifs is 1. The SMILES string of the molecule is CN(C(=O)C1CC1c1cccc2ccccc12)C1CCNCC1. The van der Waals surface area contributed by atoms with Crippen molar-refractivity contribution in [2.45, 2.75) is 31.2 Å². The predicted molar refractivity (Wildman–Crippen MR) is 93.5 cm³/mol. The largest absolute Gasteiger partial charge is 0.342 e. The molecule has 2 aliphatic rings. The van der Waals surface area contributed by atoms with E-state index in [1.54, 1.807) is 0 Å². The zero-order chi connectivity index (χ0) is 15.8. The summed E-state index contributed by atoms with van der Waals surface area (Å²) in [5, 5.41) is 5.95. The molecule has 2 fully saturated rings. The summed E-state index contributed by atoms with van der Waals surface area (Å²) >= 11 is 0. The summed E-state index contributed by atoms with van der Waals surface area (Å²) in [4.78, 5) is 14.9. The molecule has 0 radical (unpaired) electrons. The highest BCUT2D eigenvalue weighted by Crippen LogP contribution is 2.50. The van der Waals surface area contributed by atoms with Crippen molar-refractivity contribution < 1.29 is 4.79 Å². The summed E-state index contributed by atoms with van der Waals surface area (Å²) in [5.41, 5.74) is 1.35. The average molecular weight is 308 g/mol. The van der Waals surface area contributed by atoms with Crippen LogP contribution in [-0.2, 0) is 4.79 Å². The standard InChI is InChI=1S/C20H24N2O/c1-22(15-9-11-21-12-10-15)20(23)19-13-18(19)17-8-4-6-14-5-2-3-7-16(14)17/h2-8,15,18-19,21H,9-13H2,1H3. The van der Waals surface area contributed by atoms with Crippen LogP contribution in [0.4, 0.5) is 0 Å². The van der Waals surface area contributed by atoms with Crippen molar-refractivity contribution in [3.63, 3.8) is 0 Å². The number of hydrogen-bond acceptors (Lipinski definition) is 2. The minimum atomic E-state index is 0.181. The van der Waals surface area contributed by atoms with Crippen molar-refractivity contribution >= 4 is 16.7 Å². The van der Waals surface area contributed by atoms with Crippen LogP contribution in [0.3, 0.4) is 0 Å². The van der Waals surface area contributed by atoms with Crippen molar-refractivity contribution in [3.05, 3.63) is 48.0 Å². The molecule has 3 heteroatoms. The van der Waals surface area contributed by atoms with E-state index in [9.17, 15) is 4.79 Å². The van der Waals surface area contributed by atoms with Crippen molar-refractivity contribution in [2.24, 2.45) is 5.92 Å². The summed E-state index contributed by atoms with van der Waals surface area (Å²) in [6.07, 6.45) is 3.16. The second-order valence-electron chi connectivity index (χ2n) is 6.95. The Morgan fingerprint density at radius 3 is 2.65 bits per heavy atom. The Hall–Kier alpha value is -1.87.